The Balaban J connectivity index is 2.21. The number of hydrogen-bond acceptors (Lipinski definition) is 4. The van der Waals surface area contributed by atoms with Gasteiger partial charge in [-0.3, -0.25) is 9.59 Å². The summed E-state index contributed by atoms with van der Waals surface area (Å²) in [5.41, 5.74) is 1.07. The van der Waals surface area contributed by atoms with Crippen LogP contribution in [0, 0.1) is 11.7 Å². The molecule has 3 rings (SSSR count). The molecule has 4 nitrogen and oxygen atoms in total. The molecule has 0 saturated carbocycles. The SMILES string of the molecule is CC(=O)C1=C(Nc2ccccc2)C[C@](C)(O)[C@H](C(C)=O)[C@@H]1c1ccc(F)cc1. The average molecular weight is 381 g/mol. The van der Waals surface area contributed by atoms with Crippen LogP contribution >= 0.6 is 0 Å². The number of Topliss-reactive ketones (excluding diaryl/α,β-unsaturated/α-hetero) is 2. The molecule has 0 unspecified atom stereocenters. The molecule has 0 spiro atoms. The fraction of sp³-hybridized carbons (Fsp3) is 0.304. The molecular weight excluding hydrogens is 357 g/mol. The molecule has 2 aromatic carbocycles. The van der Waals surface area contributed by atoms with Crippen molar-refractivity contribution in [3.63, 3.8) is 0 Å². The van der Waals surface area contributed by atoms with E-state index in [-0.39, 0.29) is 18.0 Å². The Morgan fingerprint density at radius 3 is 2.21 bits per heavy atom. The lowest BCUT2D eigenvalue weighted by molar-refractivity contribution is -0.131. The van der Waals surface area contributed by atoms with Gasteiger partial charge in [0, 0.05) is 29.3 Å². The molecule has 146 valence electrons. The molecule has 1 aliphatic rings. The second-order valence-electron chi connectivity index (χ2n) is 7.59. The van der Waals surface area contributed by atoms with Gasteiger partial charge in [0.15, 0.2) is 5.78 Å². The number of benzene rings is 2. The van der Waals surface area contributed by atoms with Crippen molar-refractivity contribution in [3.8, 4) is 0 Å². The second kappa shape index (κ2) is 7.68. The van der Waals surface area contributed by atoms with E-state index < -0.39 is 23.3 Å². The summed E-state index contributed by atoms with van der Waals surface area (Å²) in [5.74, 6) is -2.27. The predicted molar refractivity (Wildman–Crippen MR) is 106 cm³/mol. The zero-order valence-corrected chi connectivity index (χ0v) is 16.2. The van der Waals surface area contributed by atoms with E-state index in [4.69, 9.17) is 0 Å². The third-order valence-corrected chi connectivity index (χ3v) is 5.29. The molecule has 5 heteroatoms. The summed E-state index contributed by atoms with van der Waals surface area (Å²) < 4.78 is 13.5. The number of nitrogens with one attached hydrogen (secondary N) is 1. The van der Waals surface area contributed by atoms with Gasteiger partial charge in [0.05, 0.1) is 11.5 Å². The molecular formula is C23H24FNO3. The van der Waals surface area contributed by atoms with Crippen molar-refractivity contribution >= 4 is 17.3 Å². The van der Waals surface area contributed by atoms with Crippen molar-refractivity contribution < 1.29 is 19.1 Å². The highest BCUT2D eigenvalue weighted by Crippen LogP contribution is 2.47. The van der Waals surface area contributed by atoms with E-state index in [0.29, 0.717) is 16.8 Å². The lowest BCUT2D eigenvalue weighted by atomic mass is 9.64. The first-order valence-electron chi connectivity index (χ1n) is 9.25. The standard InChI is InChI=1S/C23H24FNO3/c1-14(26)20-19(25-18-7-5-4-6-8-18)13-23(3,28)22(15(2)27)21(20)16-9-11-17(24)12-10-16/h4-12,21-22,25,28H,13H2,1-3H3/t21-,22-,23+/m1/s1. The maximum atomic E-state index is 13.5. The van der Waals surface area contributed by atoms with E-state index in [0.717, 1.165) is 5.69 Å². The summed E-state index contributed by atoms with van der Waals surface area (Å²) in [6.45, 7) is 4.48. The van der Waals surface area contributed by atoms with E-state index in [2.05, 4.69) is 5.32 Å². The maximum absolute atomic E-state index is 13.5. The average Bonchev–Trinajstić information content (AvgIpc) is 2.61. The fourth-order valence-electron chi connectivity index (χ4n) is 4.22. The highest BCUT2D eigenvalue weighted by atomic mass is 19.1. The van der Waals surface area contributed by atoms with Crippen LogP contribution in [-0.4, -0.2) is 22.3 Å². The molecule has 0 radical (unpaired) electrons. The molecule has 0 amide bonds. The van der Waals surface area contributed by atoms with Crippen LogP contribution in [0.1, 0.15) is 38.7 Å². The molecule has 0 fully saturated rings. The van der Waals surface area contributed by atoms with Crippen LogP contribution in [0.4, 0.5) is 10.1 Å². The highest BCUT2D eigenvalue weighted by molar-refractivity contribution is 5.98. The number of carbonyl (C=O) groups is 2. The lowest BCUT2D eigenvalue weighted by Crippen LogP contribution is -2.48. The summed E-state index contributed by atoms with van der Waals surface area (Å²) in [7, 11) is 0. The maximum Gasteiger partial charge on any atom is 0.158 e. The van der Waals surface area contributed by atoms with Crippen LogP contribution < -0.4 is 5.32 Å². The van der Waals surface area contributed by atoms with Crippen molar-refractivity contribution in [2.24, 2.45) is 5.92 Å². The lowest BCUT2D eigenvalue weighted by Gasteiger charge is -2.43. The fourth-order valence-corrected chi connectivity index (χ4v) is 4.22. The Kier molecular flexibility index (Phi) is 5.47. The Morgan fingerprint density at radius 1 is 1.07 bits per heavy atom. The van der Waals surface area contributed by atoms with Gasteiger partial charge in [0.1, 0.15) is 11.6 Å². The zero-order chi connectivity index (χ0) is 20.5. The predicted octanol–water partition coefficient (Wildman–Crippen LogP) is 4.22. The number of ketones is 2. The Bertz CT molecular complexity index is 917. The van der Waals surface area contributed by atoms with Crippen molar-refractivity contribution in [1.82, 2.24) is 0 Å². The third kappa shape index (κ3) is 3.90. The molecule has 1 aliphatic carbocycles. The molecule has 3 atom stereocenters. The number of hydrogen-bond donors (Lipinski definition) is 2. The molecule has 0 heterocycles. The van der Waals surface area contributed by atoms with E-state index in [9.17, 15) is 19.1 Å². The number of para-hydroxylation sites is 1. The topological polar surface area (TPSA) is 66.4 Å². The Labute approximate surface area is 164 Å². The van der Waals surface area contributed by atoms with Crippen LogP contribution in [0.15, 0.2) is 65.9 Å². The highest BCUT2D eigenvalue weighted by Gasteiger charge is 2.49. The number of carbonyl (C=O) groups excluding carboxylic acids is 2. The largest absolute Gasteiger partial charge is 0.389 e. The van der Waals surface area contributed by atoms with Gasteiger partial charge in [-0.25, -0.2) is 4.39 Å². The van der Waals surface area contributed by atoms with Gasteiger partial charge < -0.3 is 10.4 Å². The molecule has 0 aromatic heterocycles. The Hall–Kier alpha value is -2.79. The summed E-state index contributed by atoms with van der Waals surface area (Å²) in [5, 5.41) is 14.4. The zero-order valence-electron chi connectivity index (χ0n) is 16.2. The molecule has 0 bridgehead atoms. The summed E-state index contributed by atoms with van der Waals surface area (Å²) >= 11 is 0. The van der Waals surface area contributed by atoms with Crippen molar-refractivity contribution in [2.45, 2.75) is 38.7 Å². The number of anilines is 1. The second-order valence-corrected chi connectivity index (χ2v) is 7.59. The van der Waals surface area contributed by atoms with E-state index in [1.165, 1.54) is 26.0 Å². The van der Waals surface area contributed by atoms with Crippen molar-refractivity contribution in [1.29, 1.82) is 0 Å². The first kappa shape index (κ1) is 20.0. The minimum atomic E-state index is -1.36. The molecule has 0 aliphatic heterocycles. The third-order valence-electron chi connectivity index (χ3n) is 5.29. The molecule has 28 heavy (non-hydrogen) atoms. The summed E-state index contributed by atoms with van der Waals surface area (Å²) in [6.07, 6.45) is 0.138. The normalized spacial score (nSPS) is 24.8. The van der Waals surface area contributed by atoms with Crippen LogP contribution in [0.2, 0.25) is 0 Å². The summed E-state index contributed by atoms with van der Waals surface area (Å²) in [4.78, 5) is 25.2. The first-order valence-corrected chi connectivity index (χ1v) is 9.25. The monoisotopic (exact) mass is 381 g/mol. The van der Waals surface area contributed by atoms with E-state index >= 15 is 0 Å². The van der Waals surface area contributed by atoms with E-state index in [1.807, 2.05) is 30.3 Å². The van der Waals surface area contributed by atoms with Gasteiger partial charge in [0.25, 0.3) is 0 Å². The number of rotatable bonds is 5. The number of allylic oxidation sites excluding steroid dienone is 1. The van der Waals surface area contributed by atoms with Gasteiger partial charge in [-0.1, -0.05) is 30.3 Å². The summed E-state index contributed by atoms with van der Waals surface area (Å²) in [6, 6.07) is 15.1. The number of aliphatic hydroxyl groups is 1. The van der Waals surface area contributed by atoms with Crippen LogP contribution in [0.5, 0.6) is 0 Å². The minimum Gasteiger partial charge on any atom is -0.389 e. The van der Waals surface area contributed by atoms with Gasteiger partial charge >= 0.3 is 0 Å². The van der Waals surface area contributed by atoms with Crippen LogP contribution in [0.3, 0.4) is 0 Å². The molecule has 0 saturated heterocycles. The smallest absolute Gasteiger partial charge is 0.158 e. The van der Waals surface area contributed by atoms with Gasteiger partial charge in [-0.2, -0.15) is 0 Å². The van der Waals surface area contributed by atoms with Crippen molar-refractivity contribution in [3.05, 3.63) is 77.2 Å². The Morgan fingerprint density at radius 2 is 1.68 bits per heavy atom. The van der Waals surface area contributed by atoms with E-state index in [1.54, 1.807) is 19.1 Å². The van der Waals surface area contributed by atoms with Crippen molar-refractivity contribution in [2.75, 3.05) is 5.32 Å². The van der Waals surface area contributed by atoms with Gasteiger partial charge in [-0.15, -0.1) is 0 Å². The van der Waals surface area contributed by atoms with Gasteiger partial charge in [-0.05, 0) is 50.6 Å². The minimum absolute atomic E-state index is 0.138. The number of halogens is 1. The first-order chi connectivity index (χ1) is 13.2. The quantitative estimate of drug-likeness (QED) is 0.814. The van der Waals surface area contributed by atoms with Crippen LogP contribution in [0.25, 0.3) is 0 Å². The molecule has 2 N–H and O–H groups in total. The van der Waals surface area contributed by atoms with Gasteiger partial charge in [0.2, 0.25) is 0 Å². The van der Waals surface area contributed by atoms with Crippen LogP contribution in [-0.2, 0) is 9.59 Å². The molecule has 2 aromatic rings.